The topological polar surface area (TPSA) is 85.1 Å². The van der Waals surface area contributed by atoms with E-state index in [2.05, 4.69) is 25.6 Å². The molecule has 0 atom stereocenters. The van der Waals surface area contributed by atoms with Crippen LogP contribution in [0.4, 0.5) is 15.2 Å². The lowest BCUT2D eigenvalue weighted by Crippen LogP contribution is -2.13. The Morgan fingerprint density at radius 3 is 2.60 bits per heavy atom. The third-order valence-electron chi connectivity index (χ3n) is 2.53. The number of sulfonamides is 1. The van der Waals surface area contributed by atoms with Gasteiger partial charge in [-0.05, 0) is 47.5 Å². The number of nitrogens with one attached hydrogen (secondary N) is 1. The van der Waals surface area contributed by atoms with Gasteiger partial charge in [0.25, 0.3) is 10.0 Å². The maximum atomic E-state index is 13.3. The van der Waals surface area contributed by atoms with Crippen molar-refractivity contribution in [2.24, 2.45) is 0 Å². The average molecular weight is 380 g/mol. The van der Waals surface area contributed by atoms with Gasteiger partial charge in [0.15, 0.2) is 9.34 Å². The smallest absolute Gasteiger partial charge is 0.273 e. The molecule has 0 fully saturated rings. The molecule has 9 heteroatoms. The summed E-state index contributed by atoms with van der Waals surface area (Å²) >= 11 is 3.91. The summed E-state index contributed by atoms with van der Waals surface area (Å²) in [6, 6.07) is 2.62. The lowest BCUT2D eigenvalue weighted by molar-refractivity contribution is 0.602. The first kappa shape index (κ1) is 15.2. The van der Waals surface area contributed by atoms with E-state index in [0.717, 1.165) is 11.3 Å². The molecule has 1 heterocycles. The van der Waals surface area contributed by atoms with Crippen LogP contribution in [-0.4, -0.2) is 13.4 Å². The van der Waals surface area contributed by atoms with Crippen LogP contribution in [0, 0.1) is 19.7 Å². The lowest BCUT2D eigenvalue weighted by Gasteiger charge is -2.10. The number of nitrogen functional groups attached to an aromatic ring is 1. The molecule has 1 aromatic heterocycles. The van der Waals surface area contributed by atoms with Gasteiger partial charge in [-0.3, -0.25) is 4.72 Å². The maximum Gasteiger partial charge on any atom is 0.273 e. The van der Waals surface area contributed by atoms with Gasteiger partial charge in [0, 0.05) is 0 Å². The maximum absolute atomic E-state index is 13.3. The number of thiazole rings is 1. The molecular formula is C11H11BrFN3O2S2. The number of aromatic nitrogens is 1. The third-order valence-corrected chi connectivity index (χ3v) is 6.10. The molecule has 0 saturated carbocycles. The summed E-state index contributed by atoms with van der Waals surface area (Å²) in [6.07, 6.45) is 0. The molecule has 2 rings (SSSR count). The summed E-state index contributed by atoms with van der Waals surface area (Å²) in [6.45, 7) is 3.18. The molecule has 0 bridgehead atoms. The molecule has 0 spiro atoms. The van der Waals surface area contributed by atoms with E-state index in [4.69, 9.17) is 5.73 Å². The molecule has 0 amide bonds. The van der Waals surface area contributed by atoms with Crippen LogP contribution < -0.4 is 10.5 Å². The zero-order valence-corrected chi connectivity index (χ0v) is 13.8. The highest BCUT2D eigenvalue weighted by atomic mass is 79.9. The second kappa shape index (κ2) is 5.30. The number of nitrogens with zero attached hydrogens (tertiary/aromatic N) is 1. The molecule has 0 saturated heterocycles. The van der Waals surface area contributed by atoms with Crippen molar-refractivity contribution in [3.63, 3.8) is 0 Å². The van der Waals surface area contributed by atoms with Crippen LogP contribution in [0.1, 0.15) is 11.3 Å². The number of aryl methyl sites for hydroxylation is 2. The summed E-state index contributed by atoms with van der Waals surface area (Å²) in [7, 11) is -3.79. The van der Waals surface area contributed by atoms with Gasteiger partial charge in [0.1, 0.15) is 5.82 Å². The van der Waals surface area contributed by atoms with E-state index in [9.17, 15) is 12.8 Å². The lowest BCUT2D eigenvalue weighted by atomic mass is 10.2. The van der Waals surface area contributed by atoms with Crippen LogP contribution >= 0.6 is 27.3 Å². The number of hydrogen-bond acceptors (Lipinski definition) is 5. The first-order chi connectivity index (χ1) is 9.20. The van der Waals surface area contributed by atoms with E-state index in [1.807, 2.05) is 0 Å². The van der Waals surface area contributed by atoms with Gasteiger partial charge in [0.2, 0.25) is 0 Å². The predicted octanol–water partition coefficient (Wildman–Crippen LogP) is 3.04. The Hall–Kier alpha value is -1.19. The third kappa shape index (κ3) is 2.94. The zero-order chi connectivity index (χ0) is 15.1. The molecular weight excluding hydrogens is 369 g/mol. The van der Waals surface area contributed by atoms with Gasteiger partial charge in [0.05, 0.1) is 15.9 Å². The molecule has 0 aliphatic rings. The van der Waals surface area contributed by atoms with Gasteiger partial charge in [-0.15, -0.1) is 0 Å². The Kier molecular flexibility index (Phi) is 4.03. The van der Waals surface area contributed by atoms with Crippen molar-refractivity contribution in [3.8, 4) is 0 Å². The van der Waals surface area contributed by atoms with Crippen LogP contribution in [0.3, 0.4) is 0 Å². The Morgan fingerprint density at radius 2 is 2.05 bits per heavy atom. The molecule has 0 aliphatic carbocycles. The van der Waals surface area contributed by atoms with E-state index >= 15 is 0 Å². The van der Waals surface area contributed by atoms with Gasteiger partial charge in [-0.25, -0.2) is 17.8 Å². The average Bonchev–Trinajstić information content (AvgIpc) is 2.66. The van der Waals surface area contributed by atoms with E-state index in [1.54, 1.807) is 13.8 Å². The second-order valence-electron chi connectivity index (χ2n) is 4.11. The van der Waals surface area contributed by atoms with E-state index in [-0.39, 0.29) is 13.8 Å². The van der Waals surface area contributed by atoms with Crippen molar-refractivity contribution in [2.75, 3.05) is 10.5 Å². The molecule has 20 heavy (non-hydrogen) atoms. The number of rotatable bonds is 3. The van der Waals surface area contributed by atoms with Crippen molar-refractivity contribution in [1.29, 1.82) is 0 Å². The van der Waals surface area contributed by atoms with Gasteiger partial charge in [-0.2, -0.15) is 0 Å². The summed E-state index contributed by atoms with van der Waals surface area (Å²) in [4.78, 5) is 3.88. The van der Waals surface area contributed by atoms with Crippen molar-refractivity contribution in [1.82, 2.24) is 4.98 Å². The van der Waals surface area contributed by atoms with E-state index < -0.39 is 15.8 Å². The van der Waals surface area contributed by atoms with Crippen LogP contribution in [0.25, 0.3) is 0 Å². The molecule has 0 radical (unpaired) electrons. The van der Waals surface area contributed by atoms with E-state index in [0.29, 0.717) is 16.9 Å². The van der Waals surface area contributed by atoms with Crippen LogP contribution in [-0.2, 0) is 10.0 Å². The first-order valence-corrected chi connectivity index (χ1v) is 8.51. The number of halogens is 2. The monoisotopic (exact) mass is 379 g/mol. The standard InChI is InChI=1S/C11H11BrFN3O2S2/c1-5-3-8(13)7(12)4-9(5)16-20(17,18)10-6(2)15-11(14)19-10/h3-4,16H,1-2H3,(H2,14,15). The minimum Gasteiger partial charge on any atom is -0.375 e. The highest BCUT2D eigenvalue weighted by Crippen LogP contribution is 2.30. The SMILES string of the molecule is Cc1cc(F)c(Br)cc1NS(=O)(=O)c1sc(N)nc1C. The number of nitrogens with two attached hydrogens (primary N) is 1. The van der Waals surface area contributed by atoms with Crippen molar-refractivity contribution >= 4 is 48.1 Å². The van der Waals surface area contributed by atoms with Crippen molar-refractivity contribution < 1.29 is 12.8 Å². The Labute approximate surface area is 128 Å². The predicted molar refractivity (Wildman–Crippen MR) is 80.9 cm³/mol. The summed E-state index contributed by atoms with van der Waals surface area (Å²) in [5.74, 6) is -0.455. The molecule has 2 aromatic rings. The highest BCUT2D eigenvalue weighted by molar-refractivity contribution is 9.10. The largest absolute Gasteiger partial charge is 0.375 e. The molecule has 1 aromatic carbocycles. The van der Waals surface area contributed by atoms with E-state index in [1.165, 1.54) is 12.1 Å². The summed E-state index contributed by atoms with van der Waals surface area (Å²) < 4.78 is 40.5. The zero-order valence-electron chi connectivity index (χ0n) is 10.6. The summed E-state index contributed by atoms with van der Waals surface area (Å²) in [5, 5.41) is 0.180. The normalized spacial score (nSPS) is 11.6. The summed E-state index contributed by atoms with van der Waals surface area (Å²) in [5.41, 5.74) is 6.61. The number of benzene rings is 1. The fourth-order valence-corrected chi connectivity index (χ4v) is 4.37. The van der Waals surface area contributed by atoms with Crippen molar-refractivity contribution in [3.05, 3.63) is 33.7 Å². The minimum atomic E-state index is -3.79. The molecule has 108 valence electrons. The Morgan fingerprint density at radius 1 is 1.40 bits per heavy atom. The highest BCUT2D eigenvalue weighted by Gasteiger charge is 2.22. The van der Waals surface area contributed by atoms with Crippen molar-refractivity contribution in [2.45, 2.75) is 18.1 Å². The van der Waals surface area contributed by atoms with Gasteiger partial charge in [-0.1, -0.05) is 11.3 Å². The minimum absolute atomic E-state index is 0.0508. The molecule has 0 aliphatic heterocycles. The first-order valence-electron chi connectivity index (χ1n) is 5.42. The quantitative estimate of drug-likeness (QED) is 0.857. The fourth-order valence-electron chi connectivity index (χ4n) is 1.60. The molecule has 5 nitrogen and oxygen atoms in total. The molecule has 0 unspecified atom stereocenters. The van der Waals surface area contributed by atoms with Gasteiger partial charge < -0.3 is 5.73 Å². The fraction of sp³-hybridized carbons (Fsp3) is 0.182. The van der Waals surface area contributed by atoms with Gasteiger partial charge >= 0.3 is 0 Å². The Balaban J connectivity index is 2.43. The van der Waals surface area contributed by atoms with Crippen LogP contribution in [0.15, 0.2) is 20.8 Å². The van der Waals surface area contributed by atoms with Crippen LogP contribution in [0.5, 0.6) is 0 Å². The number of anilines is 2. The molecule has 3 N–H and O–H groups in total. The Bertz CT molecular complexity index is 774. The second-order valence-corrected chi connectivity index (χ2v) is 7.87. The van der Waals surface area contributed by atoms with Crippen LogP contribution in [0.2, 0.25) is 0 Å². The number of hydrogen-bond donors (Lipinski definition) is 2.